The molecule has 0 aliphatic heterocycles. The molecule has 0 saturated carbocycles. The fourth-order valence-corrected chi connectivity index (χ4v) is 2.64. The highest BCUT2D eigenvalue weighted by Crippen LogP contribution is 2.32. The second kappa shape index (κ2) is 6.14. The highest BCUT2D eigenvalue weighted by molar-refractivity contribution is 7.89. The van der Waals surface area contributed by atoms with Crippen LogP contribution in [0.1, 0.15) is 13.3 Å². The zero-order chi connectivity index (χ0) is 16.3. The number of aromatic nitrogens is 2. The van der Waals surface area contributed by atoms with Gasteiger partial charge in [-0.3, -0.25) is 10.1 Å². The molecule has 9 heteroatoms. The number of nitro groups is 1. The Kier molecular flexibility index (Phi) is 4.45. The van der Waals surface area contributed by atoms with E-state index in [0.717, 1.165) is 16.6 Å². The lowest BCUT2D eigenvalue weighted by molar-refractivity contribution is -0.385. The number of imidazole rings is 1. The molecule has 1 aromatic heterocycles. The molecule has 0 aliphatic carbocycles. The van der Waals surface area contributed by atoms with Gasteiger partial charge in [0.2, 0.25) is 10.0 Å². The quantitative estimate of drug-likeness (QED) is 0.594. The largest absolute Gasteiger partial charge is 0.487 e. The topological polar surface area (TPSA) is 104 Å². The number of ether oxygens (including phenoxy) is 1. The molecule has 0 fully saturated rings. The Morgan fingerprint density at radius 1 is 1.41 bits per heavy atom. The summed E-state index contributed by atoms with van der Waals surface area (Å²) < 4.78 is 29.7. The number of rotatable bonds is 6. The monoisotopic (exact) mass is 325 g/mol. The standard InChI is InChI=1S/C13H15N3O5S/c1-3-8-21-12-5-4-10(9-11(12)16(17)18)13-14-6-7-15(13)22(2,19)20/h4-7,9H,3,8H2,1-2H3. The van der Waals surface area contributed by atoms with Crippen molar-refractivity contribution < 1.29 is 18.1 Å². The summed E-state index contributed by atoms with van der Waals surface area (Å²) in [5, 5.41) is 11.2. The maximum atomic E-state index is 11.7. The van der Waals surface area contributed by atoms with E-state index in [0.29, 0.717) is 12.2 Å². The van der Waals surface area contributed by atoms with E-state index in [2.05, 4.69) is 4.98 Å². The average molecular weight is 325 g/mol. The number of nitrogens with zero attached hydrogens (tertiary/aromatic N) is 3. The van der Waals surface area contributed by atoms with E-state index in [1.54, 1.807) is 6.07 Å². The highest BCUT2D eigenvalue weighted by Gasteiger charge is 2.20. The van der Waals surface area contributed by atoms with Gasteiger partial charge in [0, 0.05) is 24.0 Å². The first kappa shape index (κ1) is 16.0. The summed E-state index contributed by atoms with van der Waals surface area (Å²) in [4.78, 5) is 14.6. The molecule has 0 aliphatic rings. The molecule has 118 valence electrons. The molecule has 0 N–H and O–H groups in total. The first-order valence-electron chi connectivity index (χ1n) is 6.50. The Bertz CT molecular complexity index is 798. The smallest absolute Gasteiger partial charge is 0.311 e. The Morgan fingerprint density at radius 3 is 2.73 bits per heavy atom. The van der Waals surface area contributed by atoms with Gasteiger partial charge in [0.1, 0.15) is 0 Å². The zero-order valence-electron chi connectivity index (χ0n) is 12.1. The summed E-state index contributed by atoms with van der Waals surface area (Å²) in [5.41, 5.74) is 0.0972. The Hall–Kier alpha value is -2.42. The summed E-state index contributed by atoms with van der Waals surface area (Å²) in [7, 11) is -3.54. The molecule has 1 aromatic carbocycles. The minimum atomic E-state index is -3.54. The van der Waals surface area contributed by atoms with Crippen LogP contribution in [0.4, 0.5) is 5.69 Å². The molecule has 0 bridgehead atoms. The molecule has 0 amide bonds. The lowest BCUT2D eigenvalue weighted by atomic mass is 10.2. The van der Waals surface area contributed by atoms with Gasteiger partial charge < -0.3 is 4.74 Å². The van der Waals surface area contributed by atoms with Gasteiger partial charge in [-0.05, 0) is 18.6 Å². The SMILES string of the molecule is CCCOc1ccc(-c2nccn2S(C)(=O)=O)cc1[N+](=O)[O-]. The number of nitro benzene ring substituents is 1. The third kappa shape index (κ3) is 3.25. The summed E-state index contributed by atoms with van der Waals surface area (Å²) in [5.74, 6) is 0.265. The van der Waals surface area contributed by atoms with Gasteiger partial charge >= 0.3 is 5.69 Å². The van der Waals surface area contributed by atoms with Gasteiger partial charge in [-0.15, -0.1) is 0 Å². The highest BCUT2D eigenvalue weighted by atomic mass is 32.2. The Labute approximate surface area is 127 Å². The lowest BCUT2D eigenvalue weighted by Gasteiger charge is -2.08. The van der Waals surface area contributed by atoms with E-state index in [9.17, 15) is 18.5 Å². The van der Waals surface area contributed by atoms with Crippen LogP contribution in [-0.4, -0.2) is 35.2 Å². The summed E-state index contributed by atoms with van der Waals surface area (Å²) in [6.45, 7) is 2.25. The second-order valence-electron chi connectivity index (χ2n) is 4.60. The van der Waals surface area contributed by atoms with Crippen molar-refractivity contribution in [2.75, 3.05) is 12.9 Å². The van der Waals surface area contributed by atoms with E-state index in [1.807, 2.05) is 6.92 Å². The molecule has 0 radical (unpaired) electrons. The minimum Gasteiger partial charge on any atom is -0.487 e. The molecule has 1 heterocycles. The molecule has 2 rings (SSSR count). The first-order chi connectivity index (χ1) is 10.3. The van der Waals surface area contributed by atoms with Crippen molar-refractivity contribution in [1.82, 2.24) is 8.96 Å². The van der Waals surface area contributed by atoms with Gasteiger partial charge in [0.05, 0.1) is 17.8 Å². The normalized spacial score (nSPS) is 11.4. The Morgan fingerprint density at radius 2 is 2.14 bits per heavy atom. The summed E-state index contributed by atoms with van der Waals surface area (Å²) in [6, 6.07) is 4.25. The zero-order valence-corrected chi connectivity index (χ0v) is 12.9. The number of benzene rings is 1. The van der Waals surface area contributed by atoms with Crippen molar-refractivity contribution in [2.45, 2.75) is 13.3 Å². The van der Waals surface area contributed by atoms with Crippen molar-refractivity contribution in [3.05, 3.63) is 40.7 Å². The molecule has 0 unspecified atom stereocenters. The average Bonchev–Trinajstić information content (AvgIpc) is 2.94. The van der Waals surface area contributed by atoms with Gasteiger partial charge in [-0.2, -0.15) is 0 Å². The van der Waals surface area contributed by atoms with Gasteiger partial charge in [0.25, 0.3) is 0 Å². The van der Waals surface area contributed by atoms with E-state index >= 15 is 0 Å². The number of hydrogen-bond acceptors (Lipinski definition) is 6. The molecular formula is C13H15N3O5S. The van der Waals surface area contributed by atoms with Crippen LogP contribution in [0.2, 0.25) is 0 Å². The molecule has 0 spiro atoms. The molecule has 0 saturated heterocycles. The van der Waals surface area contributed by atoms with Crippen LogP contribution >= 0.6 is 0 Å². The van der Waals surface area contributed by atoms with Crippen LogP contribution in [0.5, 0.6) is 5.75 Å². The van der Waals surface area contributed by atoms with Crippen molar-refractivity contribution >= 4 is 15.7 Å². The van der Waals surface area contributed by atoms with Crippen LogP contribution < -0.4 is 4.74 Å². The van der Waals surface area contributed by atoms with Crippen LogP contribution in [0.15, 0.2) is 30.6 Å². The maximum absolute atomic E-state index is 11.7. The third-order valence-corrected chi connectivity index (χ3v) is 3.85. The van der Waals surface area contributed by atoms with Crippen LogP contribution in [0.25, 0.3) is 11.4 Å². The van der Waals surface area contributed by atoms with Crippen molar-refractivity contribution in [3.8, 4) is 17.1 Å². The van der Waals surface area contributed by atoms with Crippen molar-refractivity contribution in [2.24, 2.45) is 0 Å². The Balaban J connectivity index is 2.52. The molecular weight excluding hydrogens is 310 g/mol. The molecule has 0 atom stereocenters. The van der Waals surface area contributed by atoms with Crippen LogP contribution in [-0.2, 0) is 10.0 Å². The predicted molar refractivity (Wildman–Crippen MR) is 80.3 cm³/mol. The van der Waals surface area contributed by atoms with Crippen LogP contribution in [0.3, 0.4) is 0 Å². The first-order valence-corrected chi connectivity index (χ1v) is 8.35. The van der Waals surface area contributed by atoms with Gasteiger partial charge in [0.15, 0.2) is 11.6 Å². The fraction of sp³-hybridized carbons (Fsp3) is 0.308. The molecule has 8 nitrogen and oxygen atoms in total. The van der Waals surface area contributed by atoms with Gasteiger partial charge in [-0.25, -0.2) is 17.4 Å². The summed E-state index contributed by atoms with van der Waals surface area (Å²) >= 11 is 0. The van der Waals surface area contributed by atoms with E-state index in [4.69, 9.17) is 4.74 Å². The molecule has 2 aromatic rings. The fourth-order valence-electron chi connectivity index (χ4n) is 1.89. The summed E-state index contributed by atoms with van der Waals surface area (Å²) in [6.07, 6.45) is 4.37. The van der Waals surface area contributed by atoms with E-state index < -0.39 is 14.9 Å². The van der Waals surface area contributed by atoms with E-state index in [-0.39, 0.29) is 17.3 Å². The predicted octanol–water partition coefficient (Wildman–Crippen LogP) is 2.05. The van der Waals surface area contributed by atoms with E-state index in [1.165, 1.54) is 24.5 Å². The van der Waals surface area contributed by atoms with Crippen molar-refractivity contribution in [1.29, 1.82) is 0 Å². The third-order valence-electron chi connectivity index (χ3n) is 2.84. The maximum Gasteiger partial charge on any atom is 0.311 e. The second-order valence-corrected chi connectivity index (χ2v) is 6.46. The van der Waals surface area contributed by atoms with Crippen LogP contribution in [0, 0.1) is 10.1 Å². The van der Waals surface area contributed by atoms with Gasteiger partial charge in [-0.1, -0.05) is 6.92 Å². The van der Waals surface area contributed by atoms with Crippen molar-refractivity contribution in [3.63, 3.8) is 0 Å². The number of hydrogen-bond donors (Lipinski definition) is 0. The lowest BCUT2D eigenvalue weighted by Crippen LogP contribution is -2.10. The minimum absolute atomic E-state index is 0.118. The molecule has 22 heavy (non-hydrogen) atoms.